The van der Waals surface area contributed by atoms with Crippen molar-refractivity contribution in [1.82, 2.24) is 19.6 Å². The number of benzene rings is 1. The van der Waals surface area contributed by atoms with E-state index in [1.807, 2.05) is 43.6 Å². The molecule has 0 aliphatic heterocycles. The Morgan fingerprint density at radius 1 is 1.10 bits per heavy atom. The summed E-state index contributed by atoms with van der Waals surface area (Å²) in [6.07, 6.45) is 1.94. The number of methoxy groups -OCH3 is 1. The second-order valence-corrected chi connectivity index (χ2v) is 7.52. The molecule has 2 heterocycles. The van der Waals surface area contributed by atoms with Gasteiger partial charge in [0.05, 0.1) is 19.4 Å². The fraction of sp³-hybridized carbons (Fsp3) is 0.409. The second-order valence-electron chi connectivity index (χ2n) is 7.52. The van der Waals surface area contributed by atoms with Gasteiger partial charge in [-0.1, -0.05) is 26.0 Å². The molecule has 0 spiro atoms. The minimum atomic E-state index is -0.203. The average molecular weight is 412 g/mol. The lowest BCUT2D eigenvalue weighted by molar-refractivity contribution is 0.227. The molecule has 1 N–H and O–H groups in total. The van der Waals surface area contributed by atoms with Gasteiger partial charge in [-0.3, -0.25) is 9.48 Å². The number of ether oxygens (including phenoxy) is 2. The molecular weight excluding hydrogens is 382 g/mol. The number of aryl methyl sites for hydroxylation is 2. The van der Waals surface area contributed by atoms with Crippen LogP contribution in [0.5, 0.6) is 11.6 Å². The van der Waals surface area contributed by atoms with Gasteiger partial charge in [-0.25, -0.2) is 4.68 Å². The highest BCUT2D eigenvalue weighted by atomic mass is 16.5. The molecule has 30 heavy (non-hydrogen) atoms. The van der Waals surface area contributed by atoms with E-state index in [2.05, 4.69) is 29.4 Å². The summed E-state index contributed by atoms with van der Waals surface area (Å²) in [6.45, 7) is 5.23. The molecule has 160 valence electrons. The van der Waals surface area contributed by atoms with Crippen molar-refractivity contribution in [1.29, 1.82) is 0 Å². The van der Waals surface area contributed by atoms with Gasteiger partial charge in [0.1, 0.15) is 11.4 Å². The Morgan fingerprint density at radius 2 is 1.83 bits per heavy atom. The first-order valence-electron chi connectivity index (χ1n) is 9.95. The third-order valence-corrected chi connectivity index (χ3v) is 5.23. The van der Waals surface area contributed by atoms with Crippen LogP contribution < -0.4 is 20.3 Å². The summed E-state index contributed by atoms with van der Waals surface area (Å²) in [5.41, 5.74) is 2.31. The lowest BCUT2D eigenvalue weighted by Crippen LogP contribution is -2.24. The molecule has 0 saturated carbocycles. The van der Waals surface area contributed by atoms with Crippen molar-refractivity contribution in [2.75, 3.05) is 19.0 Å². The third kappa shape index (κ3) is 5.20. The minimum Gasteiger partial charge on any atom is -0.497 e. The number of anilines is 1. The van der Waals surface area contributed by atoms with Gasteiger partial charge in [0.25, 0.3) is 5.56 Å². The summed E-state index contributed by atoms with van der Waals surface area (Å²) in [4.78, 5) is 12.4. The molecule has 0 fully saturated rings. The minimum absolute atomic E-state index is 0.203. The van der Waals surface area contributed by atoms with Crippen molar-refractivity contribution in [3.05, 3.63) is 64.2 Å². The topological polar surface area (TPSA) is 83.2 Å². The maximum absolute atomic E-state index is 12.4. The summed E-state index contributed by atoms with van der Waals surface area (Å²) in [6, 6.07) is 11.4. The van der Waals surface area contributed by atoms with Crippen LogP contribution in [0.4, 0.5) is 5.69 Å². The Kier molecular flexibility index (Phi) is 6.76. The van der Waals surface area contributed by atoms with Crippen LogP contribution in [-0.4, -0.2) is 33.3 Å². The SMILES string of the molecule is COc1ccc(CNc2cc(OC[C@@H](C)[C@H](C)c3ccn(C)n3)nn(C)c2=O)cc1. The second kappa shape index (κ2) is 9.47. The van der Waals surface area contributed by atoms with Gasteiger partial charge in [-0.2, -0.15) is 5.10 Å². The maximum Gasteiger partial charge on any atom is 0.290 e. The predicted molar refractivity (Wildman–Crippen MR) is 116 cm³/mol. The van der Waals surface area contributed by atoms with Gasteiger partial charge in [-0.15, -0.1) is 5.10 Å². The number of hydrogen-bond donors (Lipinski definition) is 1. The maximum atomic E-state index is 12.4. The number of hydrogen-bond acceptors (Lipinski definition) is 6. The molecule has 2 aromatic heterocycles. The van der Waals surface area contributed by atoms with Crippen LogP contribution in [0.15, 0.2) is 47.4 Å². The van der Waals surface area contributed by atoms with E-state index in [9.17, 15) is 4.79 Å². The number of aromatic nitrogens is 4. The van der Waals surface area contributed by atoms with E-state index < -0.39 is 0 Å². The summed E-state index contributed by atoms with van der Waals surface area (Å²) in [7, 11) is 5.16. The third-order valence-electron chi connectivity index (χ3n) is 5.23. The van der Waals surface area contributed by atoms with Crippen LogP contribution in [0.2, 0.25) is 0 Å². The number of rotatable bonds is 9. The molecule has 2 atom stereocenters. The van der Waals surface area contributed by atoms with Crippen LogP contribution in [-0.2, 0) is 20.6 Å². The molecule has 0 aliphatic rings. The van der Waals surface area contributed by atoms with Crippen molar-refractivity contribution in [3.8, 4) is 11.6 Å². The first-order valence-corrected chi connectivity index (χ1v) is 9.95. The van der Waals surface area contributed by atoms with Crippen molar-refractivity contribution >= 4 is 5.69 Å². The molecule has 0 bridgehead atoms. The zero-order valence-corrected chi connectivity index (χ0v) is 18.1. The van der Waals surface area contributed by atoms with E-state index in [0.717, 1.165) is 17.0 Å². The monoisotopic (exact) mass is 411 g/mol. The van der Waals surface area contributed by atoms with Crippen LogP contribution in [0, 0.1) is 5.92 Å². The zero-order chi connectivity index (χ0) is 21.7. The van der Waals surface area contributed by atoms with E-state index in [4.69, 9.17) is 9.47 Å². The molecule has 0 unspecified atom stereocenters. The predicted octanol–water partition coefficient (Wildman–Crippen LogP) is 2.95. The highest BCUT2D eigenvalue weighted by Gasteiger charge is 2.18. The Morgan fingerprint density at radius 3 is 2.47 bits per heavy atom. The normalized spacial score (nSPS) is 13.0. The Balaban J connectivity index is 1.64. The van der Waals surface area contributed by atoms with Gasteiger partial charge in [0, 0.05) is 38.8 Å². The highest BCUT2D eigenvalue weighted by Crippen LogP contribution is 2.23. The molecule has 0 amide bonds. The van der Waals surface area contributed by atoms with E-state index in [1.54, 1.807) is 24.9 Å². The van der Waals surface area contributed by atoms with Crippen LogP contribution in [0.1, 0.15) is 31.0 Å². The molecule has 0 radical (unpaired) electrons. The van der Waals surface area contributed by atoms with Crippen molar-refractivity contribution in [3.63, 3.8) is 0 Å². The van der Waals surface area contributed by atoms with Gasteiger partial charge >= 0.3 is 0 Å². The standard InChI is InChI=1S/C22H29N5O3/c1-15(16(2)19-10-11-26(3)24-19)14-30-21-12-20(22(28)27(4)25-21)23-13-17-6-8-18(29-5)9-7-17/h6-12,15-16,23H,13-14H2,1-5H3/t15-,16+/m1/s1. The Bertz CT molecular complexity index is 1030. The van der Waals surface area contributed by atoms with E-state index >= 15 is 0 Å². The molecule has 0 saturated heterocycles. The average Bonchev–Trinajstić information content (AvgIpc) is 3.19. The first kappa shape index (κ1) is 21.4. The highest BCUT2D eigenvalue weighted by molar-refractivity contribution is 5.44. The van der Waals surface area contributed by atoms with Crippen LogP contribution in [0.3, 0.4) is 0 Å². The summed E-state index contributed by atoms with van der Waals surface area (Å²) >= 11 is 0. The molecular formula is C22H29N5O3. The van der Waals surface area contributed by atoms with Crippen LogP contribution in [0.25, 0.3) is 0 Å². The summed E-state index contributed by atoms with van der Waals surface area (Å²) < 4.78 is 14.2. The van der Waals surface area contributed by atoms with Crippen molar-refractivity contribution < 1.29 is 9.47 Å². The number of nitrogens with zero attached hydrogens (tertiary/aromatic N) is 4. The summed E-state index contributed by atoms with van der Waals surface area (Å²) in [5, 5.41) is 11.9. The lowest BCUT2D eigenvalue weighted by atomic mass is 9.94. The van der Waals surface area contributed by atoms with Gasteiger partial charge in [0.2, 0.25) is 5.88 Å². The molecule has 3 aromatic rings. The Labute approximate surface area is 176 Å². The van der Waals surface area contributed by atoms with Crippen molar-refractivity contribution in [2.45, 2.75) is 26.3 Å². The fourth-order valence-corrected chi connectivity index (χ4v) is 3.05. The first-order chi connectivity index (χ1) is 14.4. The van der Waals surface area contributed by atoms with Crippen molar-refractivity contribution in [2.24, 2.45) is 20.0 Å². The van der Waals surface area contributed by atoms with E-state index in [0.29, 0.717) is 24.7 Å². The summed E-state index contributed by atoms with van der Waals surface area (Å²) in [5.74, 6) is 1.68. The number of nitrogens with one attached hydrogen (secondary N) is 1. The van der Waals surface area contributed by atoms with E-state index in [-0.39, 0.29) is 17.4 Å². The van der Waals surface area contributed by atoms with E-state index in [1.165, 1.54) is 4.68 Å². The molecule has 8 nitrogen and oxygen atoms in total. The lowest BCUT2D eigenvalue weighted by Gasteiger charge is -2.19. The largest absolute Gasteiger partial charge is 0.497 e. The van der Waals surface area contributed by atoms with Gasteiger partial charge in [-0.05, 0) is 29.7 Å². The quantitative estimate of drug-likeness (QED) is 0.583. The van der Waals surface area contributed by atoms with Crippen LogP contribution >= 0.6 is 0 Å². The van der Waals surface area contributed by atoms with Gasteiger partial charge < -0.3 is 14.8 Å². The molecule has 3 rings (SSSR count). The molecule has 8 heteroatoms. The fourth-order valence-electron chi connectivity index (χ4n) is 3.05. The zero-order valence-electron chi connectivity index (χ0n) is 18.1. The molecule has 1 aromatic carbocycles. The van der Waals surface area contributed by atoms with Gasteiger partial charge in [0.15, 0.2) is 0 Å². The Hall–Kier alpha value is -3.29. The molecule has 0 aliphatic carbocycles. The smallest absolute Gasteiger partial charge is 0.290 e.